The van der Waals surface area contributed by atoms with Crippen LogP contribution in [0.4, 0.5) is 4.79 Å². The quantitative estimate of drug-likeness (QED) is 0.114. The number of carbonyl (C=O) groups excluding carboxylic acids is 1. The highest BCUT2D eigenvalue weighted by Gasteiger charge is 2.33. The third-order valence-corrected chi connectivity index (χ3v) is 8.69. The van der Waals surface area contributed by atoms with E-state index in [2.05, 4.69) is 33.5 Å². The minimum atomic E-state index is -0.619. The Bertz CT molecular complexity index is 1780. The van der Waals surface area contributed by atoms with E-state index in [1.807, 2.05) is 97.1 Å². The van der Waals surface area contributed by atoms with Crippen LogP contribution in [0.5, 0.6) is 0 Å². The van der Waals surface area contributed by atoms with E-state index in [0.717, 1.165) is 39.1 Å². The Balaban J connectivity index is 1.21. The fourth-order valence-electron chi connectivity index (χ4n) is 5.28. The minimum absolute atomic E-state index is 0.0175. The second kappa shape index (κ2) is 15.7. The summed E-state index contributed by atoms with van der Waals surface area (Å²) in [5.41, 5.74) is 6.57. The summed E-state index contributed by atoms with van der Waals surface area (Å²) in [4.78, 5) is 11.9. The average molecular weight is 650 g/mol. The molecule has 1 amide bonds. The predicted molar refractivity (Wildman–Crippen MR) is 179 cm³/mol. The van der Waals surface area contributed by atoms with Gasteiger partial charge in [-0.25, -0.2) is 4.79 Å². The molecule has 240 valence electrons. The molecule has 47 heavy (non-hydrogen) atoms. The Hall–Kier alpha value is -4.81. The number of aromatic nitrogens is 4. The summed E-state index contributed by atoms with van der Waals surface area (Å²) in [5, 5.41) is 25.4. The number of aliphatic hydroxyl groups excluding tert-OH is 1. The molecule has 4 aromatic carbocycles. The van der Waals surface area contributed by atoms with Gasteiger partial charge >= 0.3 is 6.09 Å². The van der Waals surface area contributed by atoms with E-state index >= 15 is 0 Å². The van der Waals surface area contributed by atoms with E-state index in [-0.39, 0.29) is 25.4 Å². The molecule has 1 fully saturated rings. The number of rotatable bonds is 12. The van der Waals surface area contributed by atoms with Gasteiger partial charge < -0.3 is 24.6 Å². The molecule has 0 aliphatic carbocycles. The van der Waals surface area contributed by atoms with Gasteiger partial charge in [-0.05, 0) is 62.5 Å². The van der Waals surface area contributed by atoms with Gasteiger partial charge in [0, 0.05) is 24.3 Å². The smallest absolute Gasteiger partial charge is 0.407 e. The van der Waals surface area contributed by atoms with Gasteiger partial charge in [-0.15, -0.1) is 5.10 Å². The summed E-state index contributed by atoms with van der Waals surface area (Å²) < 4.78 is 19.9. The Morgan fingerprint density at radius 3 is 2.53 bits per heavy atom. The summed E-state index contributed by atoms with van der Waals surface area (Å²) in [6.07, 6.45) is 0.662. The number of para-hydroxylation sites is 1. The van der Waals surface area contributed by atoms with Crippen LogP contribution in [0, 0.1) is 0 Å². The van der Waals surface area contributed by atoms with E-state index in [9.17, 15) is 9.90 Å². The molecule has 0 saturated carbocycles. The van der Waals surface area contributed by atoms with Gasteiger partial charge in [-0.1, -0.05) is 103 Å². The molecule has 11 heteroatoms. The van der Waals surface area contributed by atoms with Crippen LogP contribution < -0.4 is 5.32 Å². The largest absolute Gasteiger partial charge is 0.445 e. The molecule has 1 saturated heterocycles. The molecule has 6 rings (SSSR count). The van der Waals surface area contributed by atoms with Crippen LogP contribution in [-0.2, 0) is 27.4 Å². The van der Waals surface area contributed by atoms with Gasteiger partial charge in [-0.2, -0.15) is 4.68 Å². The first kappa shape index (κ1) is 32.1. The zero-order valence-electron chi connectivity index (χ0n) is 25.6. The summed E-state index contributed by atoms with van der Waals surface area (Å²) in [6.45, 7) is 4.04. The monoisotopic (exact) mass is 649 g/mol. The first-order valence-electron chi connectivity index (χ1n) is 15.3. The fraction of sp³-hybridized carbons (Fsp3) is 0.222. The maximum absolute atomic E-state index is 11.9. The van der Waals surface area contributed by atoms with Gasteiger partial charge in [0.15, 0.2) is 6.29 Å². The molecule has 2 N–H and O–H groups in total. The number of aliphatic hydroxyl groups is 1. The van der Waals surface area contributed by atoms with Crippen molar-refractivity contribution in [2.45, 2.75) is 43.2 Å². The van der Waals surface area contributed by atoms with E-state index in [1.54, 1.807) is 4.68 Å². The number of alkyl carbamates (subject to hydrolysis) is 1. The van der Waals surface area contributed by atoms with Crippen LogP contribution in [-0.4, -0.2) is 49.9 Å². The van der Waals surface area contributed by atoms with Crippen molar-refractivity contribution in [2.75, 3.05) is 12.4 Å². The third kappa shape index (κ3) is 8.32. The van der Waals surface area contributed by atoms with Crippen LogP contribution in [0.2, 0.25) is 0 Å². The predicted octanol–water partition coefficient (Wildman–Crippen LogP) is 6.57. The number of benzene rings is 4. The molecule has 3 atom stereocenters. The molecule has 1 aliphatic heterocycles. The molecular formula is C36H35N5O5S. The lowest BCUT2D eigenvalue weighted by molar-refractivity contribution is -0.245. The molecule has 0 radical (unpaired) electrons. The number of thioether (sulfide) groups is 1. The zero-order chi connectivity index (χ0) is 32.4. The lowest BCUT2D eigenvalue weighted by atomic mass is 9.99. The van der Waals surface area contributed by atoms with Gasteiger partial charge in [0.1, 0.15) is 6.61 Å². The lowest BCUT2D eigenvalue weighted by Gasteiger charge is -2.36. The Morgan fingerprint density at radius 2 is 1.74 bits per heavy atom. The number of nitrogens with one attached hydrogen (secondary N) is 1. The molecule has 0 bridgehead atoms. The zero-order valence-corrected chi connectivity index (χ0v) is 26.5. The highest BCUT2D eigenvalue weighted by atomic mass is 32.2. The Kier molecular flexibility index (Phi) is 10.7. The van der Waals surface area contributed by atoms with Crippen molar-refractivity contribution < 1.29 is 24.1 Å². The van der Waals surface area contributed by atoms with Gasteiger partial charge in [0.05, 0.1) is 24.5 Å². The number of amides is 1. The molecule has 5 aromatic rings. The van der Waals surface area contributed by atoms with E-state index in [1.165, 1.54) is 17.8 Å². The van der Waals surface area contributed by atoms with E-state index in [4.69, 9.17) is 14.2 Å². The number of carbonyl (C=O) groups is 1. The summed E-state index contributed by atoms with van der Waals surface area (Å²) in [6, 6.07) is 33.7. The van der Waals surface area contributed by atoms with Crippen molar-refractivity contribution in [1.29, 1.82) is 0 Å². The fourth-order valence-corrected chi connectivity index (χ4v) is 6.18. The first-order chi connectivity index (χ1) is 23.1. The van der Waals surface area contributed by atoms with Crippen LogP contribution in [0.15, 0.2) is 121 Å². The first-order valence-corrected chi connectivity index (χ1v) is 16.3. The number of ether oxygens (including phenoxy) is 3. The number of hydrogen-bond donors (Lipinski definition) is 2. The van der Waals surface area contributed by atoms with Gasteiger partial charge in [0.25, 0.3) is 0 Å². The van der Waals surface area contributed by atoms with Crippen LogP contribution in [0.1, 0.15) is 41.1 Å². The van der Waals surface area contributed by atoms with E-state index in [0.29, 0.717) is 23.9 Å². The van der Waals surface area contributed by atoms with Gasteiger partial charge in [-0.3, -0.25) is 0 Å². The molecule has 10 nitrogen and oxygen atoms in total. The van der Waals surface area contributed by atoms with Crippen molar-refractivity contribution in [3.8, 4) is 16.8 Å². The summed E-state index contributed by atoms with van der Waals surface area (Å²) >= 11 is 1.54. The van der Waals surface area contributed by atoms with Crippen molar-refractivity contribution in [2.24, 2.45) is 0 Å². The molecule has 1 aromatic heterocycles. The number of hydrogen-bond acceptors (Lipinski definition) is 9. The number of tetrazole rings is 1. The van der Waals surface area contributed by atoms with Crippen molar-refractivity contribution >= 4 is 17.9 Å². The van der Waals surface area contributed by atoms with E-state index < -0.39 is 12.4 Å². The topological polar surface area (TPSA) is 121 Å². The Morgan fingerprint density at radius 1 is 0.957 bits per heavy atom. The molecule has 1 aliphatic rings. The van der Waals surface area contributed by atoms with Crippen LogP contribution in [0.25, 0.3) is 16.8 Å². The second-order valence-electron chi connectivity index (χ2n) is 10.9. The highest BCUT2D eigenvalue weighted by Crippen LogP contribution is 2.40. The number of nitrogens with zero attached hydrogens (tertiary/aromatic N) is 4. The van der Waals surface area contributed by atoms with Crippen molar-refractivity contribution in [1.82, 2.24) is 25.5 Å². The Labute approximate surface area is 277 Å². The van der Waals surface area contributed by atoms with Gasteiger partial charge in [0.2, 0.25) is 5.16 Å². The molecule has 0 spiro atoms. The maximum atomic E-state index is 11.9. The van der Waals surface area contributed by atoms with Crippen molar-refractivity contribution in [3.63, 3.8) is 0 Å². The highest BCUT2D eigenvalue weighted by molar-refractivity contribution is 7.99. The SMILES string of the molecule is C=CCOC(=O)NCc1cccc(-c2cccc([C@H]3O[C@@H](CSc4nnnn4-c4ccccc4)C[C@@H](c4ccc(CO)cc4)O3)c2)c1. The lowest BCUT2D eigenvalue weighted by Crippen LogP contribution is -2.31. The third-order valence-electron chi connectivity index (χ3n) is 7.64. The molecule has 0 unspecified atom stereocenters. The molecular weight excluding hydrogens is 614 g/mol. The maximum Gasteiger partial charge on any atom is 0.407 e. The summed E-state index contributed by atoms with van der Waals surface area (Å²) in [7, 11) is 0. The second-order valence-corrected chi connectivity index (χ2v) is 11.9. The van der Waals surface area contributed by atoms with Crippen LogP contribution >= 0.6 is 11.8 Å². The standard InChI is InChI=1S/C36H35N5O5S/c1-2-18-44-36(43)37-22-26-8-6-9-28(19-26)29-10-7-11-30(20-29)34-45-32(21-33(46-34)27-16-14-25(23-42)15-17-27)24-47-35-38-39-40-41(35)31-12-4-3-5-13-31/h2-17,19-20,32-34,42H,1,18,21-24H2,(H,37,43)/t32-,33+,34+/m1/s1. The van der Waals surface area contributed by atoms with Crippen LogP contribution in [0.3, 0.4) is 0 Å². The summed E-state index contributed by atoms with van der Waals surface area (Å²) in [5.74, 6) is 0.613. The minimum Gasteiger partial charge on any atom is -0.445 e. The van der Waals surface area contributed by atoms with Crippen molar-refractivity contribution in [3.05, 3.63) is 138 Å². The average Bonchev–Trinajstić information content (AvgIpc) is 3.61. The normalized spacial score (nSPS) is 17.6. The molecule has 2 heterocycles.